The molecule has 3 aromatic rings. The molecule has 2 amide bonds. The first-order valence-electron chi connectivity index (χ1n) is 11.7. The number of likely N-dealkylation sites (tertiary alicyclic amines) is 1. The van der Waals surface area contributed by atoms with E-state index in [9.17, 15) is 23.1 Å². The number of aromatic nitrogens is 4. The normalized spacial score (nSPS) is 22.5. The van der Waals surface area contributed by atoms with E-state index in [1.54, 1.807) is 0 Å². The summed E-state index contributed by atoms with van der Waals surface area (Å²) in [6.07, 6.45) is 4.37. The first-order chi connectivity index (χ1) is 16.9. The summed E-state index contributed by atoms with van der Waals surface area (Å²) >= 11 is 0. The van der Waals surface area contributed by atoms with Crippen LogP contribution in [0.3, 0.4) is 0 Å². The molecule has 5 rings (SSSR count). The quantitative estimate of drug-likeness (QED) is 0.437. The number of amides is 2. The number of hydrogen-bond acceptors (Lipinski definition) is 6. The number of nitrogens with zero attached hydrogens (tertiary/aromatic N) is 4. The fourth-order valence-electron chi connectivity index (χ4n) is 4.87. The molecule has 0 aromatic carbocycles. The second kappa shape index (κ2) is 9.68. The summed E-state index contributed by atoms with van der Waals surface area (Å²) in [6.45, 7) is 0.124. The van der Waals surface area contributed by atoms with Gasteiger partial charge < -0.3 is 25.6 Å². The minimum absolute atomic E-state index is 0.0191. The molecule has 2 aliphatic rings. The zero-order valence-electron chi connectivity index (χ0n) is 18.9. The van der Waals surface area contributed by atoms with Gasteiger partial charge >= 0.3 is 6.03 Å². The summed E-state index contributed by atoms with van der Waals surface area (Å²) in [6, 6.07) is 0.703. The van der Waals surface area contributed by atoms with Crippen molar-refractivity contribution in [3.63, 3.8) is 0 Å². The van der Waals surface area contributed by atoms with Crippen molar-refractivity contribution in [3.05, 3.63) is 35.8 Å². The molecule has 0 unspecified atom stereocenters. The molecular formula is C23H26F3N7O2. The third kappa shape index (κ3) is 4.88. The van der Waals surface area contributed by atoms with E-state index < -0.39 is 17.8 Å². The molecule has 0 bridgehead atoms. The number of aliphatic hydroxyl groups is 1. The SMILES string of the molecule is O=C(N[C@@H]1CCC[C@H](Nc2nc(-c3c(CO)[nH]c4ncc(F)cc34)ncc2F)C1)N1CC[C@@H](F)C1. The maximum absolute atomic E-state index is 14.6. The lowest BCUT2D eigenvalue weighted by molar-refractivity contribution is 0.195. The average molecular weight is 490 g/mol. The van der Waals surface area contributed by atoms with E-state index >= 15 is 0 Å². The predicted molar refractivity (Wildman–Crippen MR) is 122 cm³/mol. The van der Waals surface area contributed by atoms with Crippen LogP contribution in [0.4, 0.5) is 23.8 Å². The van der Waals surface area contributed by atoms with Gasteiger partial charge in [-0.1, -0.05) is 0 Å². The molecule has 3 atom stereocenters. The highest BCUT2D eigenvalue weighted by molar-refractivity contribution is 5.93. The Kier molecular flexibility index (Phi) is 6.46. The first kappa shape index (κ1) is 23.3. The van der Waals surface area contributed by atoms with E-state index in [-0.39, 0.29) is 42.9 Å². The summed E-state index contributed by atoms with van der Waals surface area (Å²) in [4.78, 5) is 29.2. The van der Waals surface area contributed by atoms with Crippen LogP contribution in [0.15, 0.2) is 18.5 Å². The molecule has 2 fully saturated rings. The van der Waals surface area contributed by atoms with Gasteiger partial charge in [0, 0.05) is 24.0 Å². The second-order valence-electron chi connectivity index (χ2n) is 9.06. The predicted octanol–water partition coefficient (Wildman–Crippen LogP) is 3.27. The van der Waals surface area contributed by atoms with Crippen molar-refractivity contribution in [3.8, 4) is 11.4 Å². The third-order valence-corrected chi connectivity index (χ3v) is 6.58. The number of hydrogen-bond donors (Lipinski definition) is 4. The summed E-state index contributed by atoms with van der Waals surface area (Å²) < 4.78 is 41.9. The smallest absolute Gasteiger partial charge is 0.317 e. The molecule has 1 aliphatic heterocycles. The minimum Gasteiger partial charge on any atom is -0.390 e. The summed E-state index contributed by atoms with van der Waals surface area (Å²) in [7, 11) is 0. The highest BCUT2D eigenvalue weighted by atomic mass is 19.1. The number of pyridine rings is 1. The van der Waals surface area contributed by atoms with E-state index in [1.165, 1.54) is 11.0 Å². The summed E-state index contributed by atoms with van der Waals surface area (Å²) in [5.41, 5.74) is 1.05. The Morgan fingerprint density at radius 3 is 2.80 bits per heavy atom. The number of carbonyl (C=O) groups is 1. The Morgan fingerprint density at radius 2 is 2.03 bits per heavy atom. The van der Waals surface area contributed by atoms with Gasteiger partial charge in [-0.25, -0.2) is 32.9 Å². The van der Waals surface area contributed by atoms with Gasteiger partial charge in [-0.3, -0.25) is 0 Å². The number of rotatable bonds is 5. The van der Waals surface area contributed by atoms with Gasteiger partial charge in [-0.05, 0) is 38.2 Å². The van der Waals surface area contributed by atoms with Gasteiger partial charge in [0.05, 0.1) is 36.8 Å². The summed E-state index contributed by atoms with van der Waals surface area (Å²) in [5.74, 6) is -1.11. The number of aliphatic hydroxyl groups excluding tert-OH is 1. The third-order valence-electron chi connectivity index (χ3n) is 6.58. The molecule has 1 aliphatic carbocycles. The van der Waals surface area contributed by atoms with Gasteiger partial charge in [0.25, 0.3) is 0 Å². The number of anilines is 1. The van der Waals surface area contributed by atoms with E-state index in [2.05, 4.69) is 30.6 Å². The van der Waals surface area contributed by atoms with Crippen LogP contribution in [0.5, 0.6) is 0 Å². The molecule has 186 valence electrons. The molecule has 12 heteroatoms. The maximum atomic E-state index is 14.6. The number of nitrogens with one attached hydrogen (secondary N) is 3. The molecule has 4 heterocycles. The highest BCUT2D eigenvalue weighted by Gasteiger charge is 2.30. The molecule has 1 saturated carbocycles. The monoisotopic (exact) mass is 489 g/mol. The highest BCUT2D eigenvalue weighted by Crippen LogP contribution is 2.31. The topological polar surface area (TPSA) is 119 Å². The Morgan fingerprint density at radius 1 is 1.20 bits per heavy atom. The standard InChI is InChI=1S/C23H26F3N7O2/c24-12-4-5-33(10-12)23(35)30-15-3-1-2-14(7-15)29-21-17(26)9-28-22(32-21)19-16-6-13(25)8-27-20(16)31-18(19)11-34/h6,8-9,12,14-15,34H,1-5,7,10-11H2,(H,27,31)(H,30,35)(H,28,29,32)/t12-,14+,15-/m1/s1. The van der Waals surface area contributed by atoms with E-state index in [1.807, 2.05) is 0 Å². The van der Waals surface area contributed by atoms with Crippen LogP contribution < -0.4 is 10.6 Å². The molecule has 9 nitrogen and oxygen atoms in total. The van der Waals surface area contributed by atoms with Gasteiger partial charge in [0.1, 0.15) is 17.6 Å². The maximum Gasteiger partial charge on any atom is 0.317 e. The number of urea groups is 1. The fourth-order valence-corrected chi connectivity index (χ4v) is 4.87. The van der Waals surface area contributed by atoms with Crippen LogP contribution in [0.1, 0.15) is 37.8 Å². The summed E-state index contributed by atoms with van der Waals surface area (Å²) in [5, 5.41) is 16.2. The molecule has 4 N–H and O–H groups in total. The molecule has 3 aromatic heterocycles. The Balaban J connectivity index is 1.33. The van der Waals surface area contributed by atoms with Crippen molar-refractivity contribution >= 4 is 22.9 Å². The number of halogens is 3. The van der Waals surface area contributed by atoms with Crippen molar-refractivity contribution in [2.24, 2.45) is 0 Å². The van der Waals surface area contributed by atoms with Crippen molar-refractivity contribution < 1.29 is 23.1 Å². The minimum atomic E-state index is -0.979. The molecule has 0 spiro atoms. The van der Waals surface area contributed by atoms with Crippen LogP contribution in [0, 0.1) is 11.6 Å². The molecular weight excluding hydrogens is 463 g/mol. The van der Waals surface area contributed by atoms with Gasteiger partial charge in [0.15, 0.2) is 17.5 Å². The fraction of sp³-hybridized carbons (Fsp3) is 0.478. The zero-order chi connectivity index (χ0) is 24.5. The zero-order valence-corrected chi connectivity index (χ0v) is 18.9. The Hall–Kier alpha value is -3.41. The number of fused-ring (bicyclic) bond motifs is 1. The first-order valence-corrected chi connectivity index (χ1v) is 11.7. The second-order valence-corrected chi connectivity index (χ2v) is 9.06. The van der Waals surface area contributed by atoms with Crippen LogP contribution in [-0.2, 0) is 6.61 Å². The number of aromatic amines is 1. The van der Waals surface area contributed by atoms with E-state index in [0.717, 1.165) is 31.7 Å². The van der Waals surface area contributed by atoms with Crippen molar-refractivity contribution in [1.82, 2.24) is 30.2 Å². The molecule has 1 saturated heterocycles. The number of H-pyrrole nitrogens is 1. The van der Waals surface area contributed by atoms with Gasteiger partial charge in [-0.15, -0.1) is 0 Å². The Labute approximate surface area is 199 Å². The van der Waals surface area contributed by atoms with Crippen molar-refractivity contribution in [2.45, 2.75) is 57.0 Å². The molecule has 0 radical (unpaired) electrons. The number of alkyl halides is 1. The van der Waals surface area contributed by atoms with Crippen LogP contribution in [0.2, 0.25) is 0 Å². The lowest BCUT2D eigenvalue weighted by Crippen LogP contribution is -2.47. The number of carbonyl (C=O) groups excluding carboxylic acids is 1. The van der Waals surface area contributed by atoms with Crippen molar-refractivity contribution in [2.75, 3.05) is 18.4 Å². The van der Waals surface area contributed by atoms with Gasteiger partial charge in [0.2, 0.25) is 0 Å². The lowest BCUT2D eigenvalue weighted by atomic mass is 9.91. The van der Waals surface area contributed by atoms with E-state index in [0.29, 0.717) is 41.7 Å². The average Bonchev–Trinajstić information content (AvgIpc) is 3.44. The Bertz CT molecular complexity index is 1240. The van der Waals surface area contributed by atoms with E-state index in [4.69, 9.17) is 0 Å². The lowest BCUT2D eigenvalue weighted by Gasteiger charge is -2.32. The molecule has 35 heavy (non-hydrogen) atoms. The van der Waals surface area contributed by atoms with Crippen LogP contribution in [-0.4, -0.2) is 67.3 Å². The van der Waals surface area contributed by atoms with Gasteiger partial charge in [-0.2, -0.15) is 0 Å². The van der Waals surface area contributed by atoms with Crippen LogP contribution in [0.25, 0.3) is 22.4 Å². The van der Waals surface area contributed by atoms with Crippen molar-refractivity contribution in [1.29, 1.82) is 0 Å². The van der Waals surface area contributed by atoms with Crippen LogP contribution >= 0.6 is 0 Å². The largest absolute Gasteiger partial charge is 0.390 e.